The fourth-order valence-corrected chi connectivity index (χ4v) is 1.67. The van der Waals surface area contributed by atoms with Gasteiger partial charge in [0.1, 0.15) is 5.75 Å². The maximum absolute atomic E-state index is 5.66. The molecule has 0 saturated heterocycles. The highest BCUT2D eigenvalue weighted by Crippen LogP contribution is 2.23. The SMILES string of the molecule is CC(C)Oc1ccc(-c2ccc(N)cc2)cc1. The van der Waals surface area contributed by atoms with Crippen LogP contribution in [0.1, 0.15) is 13.8 Å². The number of hydrogen-bond acceptors (Lipinski definition) is 2. The Balaban J connectivity index is 2.20. The first-order chi connectivity index (χ1) is 8.15. The molecular weight excluding hydrogens is 210 g/mol. The van der Waals surface area contributed by atoms with Crippen molar-refractivity contribution in [2.45, 2.75) is 20.0 Å². The van der Waals surface area contributed by atoms with Gasteiger partial charge >= 0.3 is 0 Å². The van der Waals surface area contributed by atoms with Crippen molar-refractivity contribution in [1.29, 1.82) is 0 Å². The normalized spacial score (nSPS) is 10.5. The number of nitrogen functional groups attached to an aromatic ring is 1. The van der Waals surface area contributed by atoms with Gasteiger partial charge in [-0.1, -0.05) is 24.3 Å². The fraction of sp³-hybridized carbons (Fsp3) is 0.200. The molecule has 0 aliphatic carbocycles. The van der Waals surface area contributed by atoms with E-state index in [-0.39, 0.29) is 6.10 Å². The molecule has 0 heterocycles. The van der Waals surface area contributed by atoms with Crippen molar-refractivity contribution < 1.29 is 4.74 Å². The van der Waals surface area contributed by atoms with Crippen LogP contribution in [0.15, 0.2) is 48.5 Å². The van der Waals surface area contributed by atoms with E-state index in [0.717, 1.165) is 17.0 Å². The van der Waals surface area contributed by atoms with Crippen LogP contribution in [0, 0.1) is 0 Å². The minimum atomic E-state index is 0.206. The molecular formula is C15H17NO. The van der Waals surface area contributed by atoms with Gasteiger partial charge in [-0.2, -0.15) is 0 Å². The fourth-order valence-electron chi connectivity index (χ4n) is 1.67. The minimum absolute atomic E-state index is 0.206. The maximum Gasteiger partial charge on any atom is 0.119 e. The molecule has 0 amide bonds. The largest absolute Gasteiger partial charge is 0.491 e. The zero-order valence-electron chi connectivity index (χ0n) is 10.2. The van der Waals surface area contributed by atoms with Crippen molar-refractivity contribution in [3.8, 4) is 16.9 Å². The van der Waals surface area contributed by atoms with Crippen LogP contribution in [-0.2, 0) is 0 Å². The van der Waals surface area contributed by atoms with Gasteiger partial charge in [0, 0.05) is 5.69 Å². The molecule has 0 fully saturated rings. The lowest BCUT2D eigenvalue weighted by Gasteiger charge is -2.10. The third kappa shape index (κ3) is 3.00. The molecule has 2 aromatic carbocycles. The topological polar surface area (TPSA) is 35.2 Å². The first kappa shape index (κ1) is 11.5. The van der Waals surface area contributed by atoms with Crippen LogP contribution in [0.4, 0.5) is 5.69 Å². The highest BCUT2D eigenvalue weighted by Gasteiger charge is 2.00. The molecule has 2 aromatic rings. The quantitative estimate of drug-likeness (QED) is 0.811. The number of rotatable bonds is 3. The Bertz CT molecular complexity index is 471. The third-order valence-corrected chi connectivity index (χ3v) is 2.47. The minimum Gasteiger partial charge on any atom is -0.491 e. The monoisotopic (exact) mass is 227 g/mol. The summed E-state index contributed by atoms with van der Waals surface area (Å²) >= 11 is 0. The van der Waals surface area contributed by atoms with Crippen molar-refractivity contribution in [3.63, 3.8) is 0 Å². The molecule has 0 spiro atoms. The van der Waals surface area contributed by atoms with E-state index < -0.39 is 0 Å². The average Bonchev–Trinajstić information content (AvgIpc) is 2.30. The van der Waals surface area contributed by atoms with Crippen molar-refractivity contribution in [1.82, 2.24) is 0 Å². The van der Waals surface area contributed by atoms with Gasteiger partial charge in [-0.25, -0.2) is 0 Å². The zero-order chi connectivity index (χ0) is 12.3. The van der Waals surface area contributed by atoms with Crippen molar-refractivity contribution in [2.24, 2.45) is 0 Å². The summed E-state index contributed by atoms with van der Waals surface area (Å²) in [4.78, 5) is 0. The van der Waals surface area contributed by atoms with Gasteiger partial charge < -0.3 is 10.5 Å². The van der Waals surface area contributed by atoms with E-state index in [1.807, 2.05) is 50.2 Å². The Morgan fingerprint density at radius 1 is 0.824 bits per heavy atom. The molecule has 0 aromatic heterocycles. The van der Waals surface area contributed by atoms with Gasteiger partial charge in [0.2, 0.25) is 0 Å². The standard InChI is InChI=1S/C15H17NO/c1-11(2)17-15-9-5-13(6-10-15)12-3-7-14(16)8-4-12/h3-11H,16H2,1-2H3. The van der Waals surface area contributed by atoms with Crippen LogP contribution in [0.5, 0.6) is 5.75 Å². The van der Waals surface area contributed by atoms with Crippen LogP contribution in [-0.4, -0.2) is 6.10 Å². The summed E-state index contributed by atoms with van der Waals surface area (Å²) in [5.74, 6) is 0.902. The molecule has 0 saturated carbocycles. The summed E-state index contributed by atoms with van der Waals surface area (Å²) in [6.07, 6.45) is 0.206. The van der Waals surface area contributed by atoms with Crippen molar-refractivity contribution in [2.75, 3.05) is 5.73 Å². The molecule has 2 rings (SSSR count). The van der Waals surface area contributed by atoms with E-state index in [0.29, 0.717) is 0 Å². The lowest BCUT2D eigenvalue weighted by Crippen LogP contribution is -2.05. The second-order valence-corrected chi connectivity index (χ2v) is 4.31. The second-order valence-electron chi connectivity index (χ2n) is 4.31. The van der Waals surface area contributed by atoms with Crippen LogP contribution >= 0.6 is 0 Å². The maximum atomic E-state index is 5.66. The molecule has 2 N–H and O–H groups in total. The van der Waals surface area contributed by atoms with E-state index in [1.54, 1.807) is 0 Å². The first-order valence-corrected chi connectivity index (χ1v) is 5.78. The lowest BCUT2D eigenvalue weighted by atomic mass is 10.1. The summed E-state index contributed by atoms with van der Waals surface area (Å²) in [5.41, 5.74) is 8.78. The summed E-state index contributed by atoms with van der Waals surface area (Å²) in [6.45, 7) is 4.04. The molecule has 0 radical (unpaired) electrons. The van der Waals surface area contributed by atoms with Gasteiger partial charge in [0.05, 0.1) is 6.10 Å². The molecule has 2 nitrogen and oxygen atoms in total. The van der Waals surface area contributed by atoms with Gasteiger partial charge in [0.15, 0.2) is 0 Å². The number of hydrogen-bond donors (Lipinski definition) is 1. The summed E-state index contributed by atoms with van der Waals surface area (Å²) in [5, 5.41) is 0. The number of anilines is 1. The van der Waals surface area contributed by atoms with Crippen LogP contribution < -0.4 is 10.5 Å². The number of benzene rings is 2. The molecule has 0 aliphatic rings. The predicted molar refractivity (Wildman–Crippen MR) is 72.1 cm³/mol. The van der Waals surface area contributed by atoms with Crippen LogP contribution in [0.3, 0.4) is 0 Å². The van der Waals surface area contributed by atoms with Crippen molar-refractivity contribution in [3.05, 3.63) is 48.5 Å². The Kier molecular flexibility index (Phi) is 3.33. The van der Waals surface area contributed by atoms with E-state index in [1.165, 1.54) is 5.56 Å². The average molecular weight is 227 g/mol. The summed E-state index contributed by atoms with van der Waals surface area (Å²) < 4.78 is 5.60. The van der Waals surface area contributed by atoms with E-state index in [2.05, 4.69) is 12.1 Å². The van der Waals surface area contributed by atoms with E-state index in [9.17, 15) is 0 Å². The third-order valence-electron chi connectivity index (χ3n) is 2.47. The molecule has 17 heavy (non-hydrogen) atoms. The predicted octanol–water partition coefficient (Wildman–Crippen LogP) is 3.72. The summed E-state index contributed by atoms with van der Waals surface area (Å²) in [7, 11) is 0. The highest BCUT2D eigenvalue weighted by atomic mass is 16.5. The van der Waals surface area contributed by atoms with Crippen molar-refractivity contribution >= 4 is 5.69 Å². The Hall–Kier alpha value is -1.96. The first-order valence-electron chi connectivity index (χ1n) is 5.78. The van der Waals surface area contributed by atoms with Gasteiger partial charge in [0.25, 0.3) is 0 Å². The molecule has 0 aliphatic heterocycles. The molecule has 88 valence electrons. The Labute approximate surface area is 102 Å². The van der Waals surface area contributed by atoms with E-state index >= 15 is 0 Å². The van der Waals surface area contributed by atoms with Gasteiger partial charge in [-0.3, -0.25) is 0 Å². The smallest absolute Gasteiger partial charge is 0.119 e. The highest BCUT2D eigenvalue weighted by molar-refractivity contribution is 5.66. The number of ether oxygens (including phenoxy) is 1. The zero-order valence-corrected chi connectivity index (χ0v) is 10.2. The van der Waals surface area contributed by atoms with Crippen LogP contribution in [0.2, 0.25) is 0 Å². The van der Waals surface area contributed by atoms with Gasteiger partial charge in [-0.05, 0) is 49.2 Å². The number of nitrogens with two attached hydrogens (primary N) is 1. The van der Waals surface area contributed by atoms with Crippen LogP contribution in [0.25, 0.3) is 11.1 Å². The van der Waals surface area contributed by atoms with Gasteiger partial charge in [-0.15, -0.1) is 0 Å². The Morgan fingerprint density at radius 2 is 1.29 bits per heavy atom. The molecule has 0 bridgehead atoms. The van der Waals surface area contributed by atoms with E-state index in [4.69, 9.17) is 10.5 Å². The Morgan fingerprint density at radius 3 is 1.76 bits per heavy atom. The summed E-state index contributed by atoms with van der Waals surface area (Å²) in [6, 6.07) is 16.0. The second kappa shape index (κ2) is 4.91. The molecule has 0 unspecified atom stereocenters. The molecule has 2 heteroatoms. The lowest BCUT2D eigenvalue weighted by molar-refractivity contribution is 0.242. The molecule has 0 atom stereocenters.